The third kappa shape index (κ3) is 4.32. The molecule has 0 spiro atoms. The fourth-order valence-electron chi connectivity index (χ4n) is 3.20. The minimum atomic E-state index is -0.891. The summed E-state index contributed by atoms with van der Waals surface area (Å²) in [6.45, 7) is 5.99. The van der Waals surface area contributed by atoms with Gasteiger partial charge in [-0.05, 0) is 32.0 Å². The molecule has 1 aliphatic heterocycles. The van der Waals surface area contributed by atoms with Crippen LogP contribution in [0.1, 0.15) is 23.9 Å². The molecule has 2 aromatic rings. The van der Waals surface area contributed by atoms with Crippen molar-refractivity contribution in [3.63, 3.8) is 0 Å². The summed E-state index contributed by atoms with van der Waals surface area (Å²) < 4.78 is 5.97. The van der Waals surface area contributed by atoms with Crippen LogP contribution in [0.25, 0.3) is 0 Å². The van der Waals surface area contributed by atoms with Crippen molar-refractivity contribution >= 4 is 17.7 Å². The topological polar surface area (TPSA) is 105 Å². The first kappa shape index (κ1) is 19.0. The highest BCUT2D eigenvalue weighted by Gasteiger charge is 2.28. The second-order valence-corrected chi connectivity index (χ2v) is 7.00. The van der Waals surface area contributed by atoms with E-state index in [4.69, 9.17) is 21.6 Å². The lowest BCUT2D eigenvalue weighted by Gasteiger charge is -2.38. The van der Waals surface area contributed by atoms with Gasteiger partial charge in [0.1, 0.15) is 11.4 Å². The number of nitrogens with one attached hydrogen (secondary N) is 1. The van der Waals surface area contributed by atoms with Gasteiger partial charge in [0.05, 0.1) is 17.3 Å². The zero-order valence-corrected chi connectivity index (χ0v) is 15.8. The highest BCUT2D eigenvalue weighted by Crippen LogP contribution is 2.31. The molecule has 1 aliphatic rings. The maximum atomic E-state index is 11.2. The van der Waals surface area contributed by atoms with E-state index in [1.165, 1.54) is 4.90 Å². The number of H-pyrrole nitrogens is 1. The molecule has 0 aliphatic carbocycles. The Morgan fingerprint density at radius 2 is 2.26 bits per heavy atom. The van der Waals surface area contributed by atoms with Crippen LogP contribution in [0.5, 0.6) is 11.5 Å². The lowest BCUT2D eigenvalue weighted by atomic mass is 10.2. The smallest absolute Gasteiger partial charge is 0.407 e. The van der Waals surface area contributed by atoms with E-state index < -0.39 is 6.09 Å². The SMILES string of the molecule is Cc1n[nH]c(CN2CCN(C(=O)O)C(C)C2)c1Oc1cc(Cl)cc(C#N)c1. The Labute approximate surface area is 161 Å². The van der Waals surface area contributed by atoms with Crippen LogP contribution in [0.15, 0.2) is 18.2 Å². The quantitative estimate of drug-likeness (QED) is 0.831. The number of benzene rings is 1. The van der Waals surface area contributed by atoms with Gasteiger partial charge in [0.2, 0.25) is 0 Å². The van der Waals surface area contributed by atoms with Crippen molar-refractivity contribution in [2.45, 2.75) is 26.4 Å². The van der Waals surface area contributed by atoms with Crippen LogP contribution in [-0.2, 0) is 6.54 Å². The number of carbonyl (C=O) groups is 1. The number of hydrogen-bond acceptors (Lipinski definition) is 5. The molecule has 142 valence electrons. The van der Waals surface area contributed by atoms with Gasteiger partial charge in [0, 0.05) is 37.2 Å². The van der Waals surface area contributed by atoms with Gasteiger partial charge in [0.25, 0.3) is 0 Å². The summed E-state index contributed by atoms with van der Waals surface area (Å²) in [5.41, 5.74) is 1.90. The highest BCUT2D eigenvalue weighted by molar-refractivity contribution is 6.30. The van der Waals surface area contributed by atoms with Crippen molar-refractivity contribution < 1.29 is 14.6 Å². The lowest BCUT2D eigenvalue weighted by Crippen LogP contribution is -2.53. The van der Waals surface area contributed by atoms with Gasteiger partial charge in [-0.15, -0.1) is 0 Å². The molecule has 0 radical (unpaired) electrons. The fourth-order valence-corrected chi connectivity index (χ4v) is 3.43. The second kappa shape index (κ2) is 7.86. The first-order valence-electron chi connectivity index (χ1n) is 8.51. The van der Waals surface area contributed by atoms with Crippen molar-refractivity contribution in [2.24, 2.45) is 0 Å². The molecule has 2 heterocycles. The number of nitriles is 1. The maximum Gasteiger partial charge on any atom is 0.407 e. The molecule has 1 atom stereocenters. The predicted molar refractivity (Wildman–Crippen MR) is 99.0 cm³/mol. The number of ether oxygens (including phenoxy) is 1. The molecule has 0 bridgehead atoms. The van der Waals surface area contributed by atoms with Gasteiger partial charge >= 0.3 is 6.09 Å². The van der Waals surface area contributed by atoms with Crippen LogP contribution in [0, 0.1) is 18.3 Å². The number of amides is 1. The number of aromatic amines is 1. The Morgan fingerprint density at radius 1 is 1.48 bits per heavy atom. The van der Waals surface area contributed by atoms with E-state index in [0.717, 1.165) is 5.69 Å². The summed E-state index contributed by atoms with van der Waals surface area (Å²) in [7, 11) is 0. The van der Waals surface area contributed by atoms with E-state index in [9.17, 15) is 9.90 Å². The molecule has 1 saturated heterocycles. The third-order valence-electron chi connectivity index (χ3n) is 4.52. The Hall–Kier alpha value is -2.76. The fraction of sp³-hybridized carbons (Fsp3) is 0.389. The van der Waals surface area contributed by atoms with Crippen molar-refractivity contribution in [3.8, 4) is 17.6 Å². The van der Waals surface area contributed by atoms with Crippen molar-refractivity contribution in [1.29, 1.82) is 5.26 Å². The van der Waals surface area contributed by atoms with E-state index in [0.29, 0.717) is 54.0 Å². The van der Waals surface area contributed by atoms with E-state index in [1.807, 2.05) is 13.8 Å². The highest BCUT2D eigenvalue weighted by atomic mass is 35.5. The number of halogens is 1. The third-order valence-corrected chi connectivity index (χ3v) is 4.74. The summed E-state index contributed by atoms with van der Waals surface area (Å²) >= 11 is 6.04. The average Bonchev–Trinajstić information content (AvgIpc) is 2.94. The second-order valence-electron chi connectivity index (χ2n) is 6.57. The molecule has 1 unspecified atom stereocenters. The predicted octanol–water partition coefficient (Wildman–Crippen LogP) is 3.22. The van der Waals surface area contributed by atoms with E-state index >= 15 is 0 Å². The molecule has 8 nitrogen and oxygen atoms in total. The van der Waals surface area contributed by atoms with Gasteiger partial charge in [-0.3, -0.25) is 10.00 Å². The number of rotatable bonds is 4. The molecule has 1 fully saturated rings. The first-order valence-corrected chi connectivity index (χ1v) is 8.89. The summed E-state index contributed by atoms with van der Waals surface area (Å²) in [6, 6.07) is 6.80. The van der Waals surface area contributed by atoms with Crippen molar-refractivity contribution in [1.82, 2.24) is 20.0 Å². The van der Waals surface area contributed by atoms with E-state index in [2.05, 4.69) is 21.2 Å². The number of piperazine rings is 1. The molecule has 9 heteroatoms. The molecular formula is C18H20ClN5O3. The molecule has 1 aromatic heterocycles. The summed E-state index contributed by atoms with van der Waals surface area (Å²) in [5, 5.41) is 25.9. The molecule has 2 N–H and O–H groups in total. The molecule has 3 rings (SSSR count). The minimum Gasteiger partial charge on any atom is -0.465 e. The van der Waals surface area contributed by atoms with Crippen LogP contribution in [0.4, 0.5) is 4.79 Å². The molecule has 27 heavy (non-hydrogen) atoms. The largest absolute Gasteiger partial charge is 0.465 e. The Morgan fingerprint density at radius 3 is 2.93 bits per heavy atom. The average molecular weight is 390 g/mol. The van der Waals surface area contributed by atoms with Crippen molar-refractivity contribution in [3.05, 3.63) is 40.2 Å². The number of aryl methyl sites for hydroxylation is 1. The number of hydrogen-bond donors (Lipinski definition) is 2. The van der Waals surface area contributed by atoms with Crippen molar-refractivity contribution in [2.75, 3.05) is 19.6 Å². The number of aromatic nitrogens is 2. The normalized spacial score (nSPS) is 17.6. The summed E-state index contributed by atoms with van der Waals surface area (Å²) in [6.07, 6.45) is -0.891. The van der Waals surface area contributed by atoms with Gasteiger partial charge < -0.3 is 14.7 Å². The Balaban J connectivity index is 1.75. The number of carboxylic acid groups (broad SMARTS) is 1. The summed E-state index contributed by atoms with van der Waals surface area (Å²) in [5.74, 6) is 1.06. The summed E-state index contributed by atoms with van der Waals surface area (Å²) in [4.78, 5) is 14.8. The molecule has 1 amide bonds. The van der Waals surface area contributed by atoms with Gasteiger partial charge in [0.15, 0.2) is 5.75 Å². The van der Waals surface area contributed by atoms with Crippen LogP contribution in [0.3, 0.4) is 0 Å². The van der Waals surface area contributed by atoms with Gasteiger partial charge in [-0.25, -0.2) is 4.79 Å². The van der Waals surface area contributed by atoms with E-state index in [-0.39, 0.29) is 6.04 Å². The van der Waals surface area contributed by atoms with Gasteiger partial charge in [-0.1, -0.05) is 11.6 Å². The monoisotopic (exact) mass is 389 g/mol. The van der Waals surface area contributed by atoms with Crippen LogP contribution in [-0.4, -0.2) is 56.9 Å². The Bertz CT molecular complexity index is 892. The minimum absolute atomic E-state index is 0.0873. The van der Waals surface area contributed by atoms with Crippen LogP contribution >= 0.6 is 11.6 Å². The van der Waals surface area contributed by atoms with E-state index in [1.54, 1.807) is 18.2 Å². The van der Waals surface area contributed by atoms with Crippen LogP contribution in [0.2, 0.25) is 5.02 Å². The molecule has 1 aromatic carbocycles. The molecular weight excluding hydrogens is 370 g/mol. The lowest BCUT2D eigenvalue weighted by molar-refractivity contribution is 0.0703. The standard InChI is InChI=1S/C18H20ClN5O3/c1-11-9-23(3-4-24(11)18(25)26)10-16-17(12(2)21-22-16)27-15-6-13(8-20)5-14(19)7-15/h5-7,11H,3-4,9-10H2,1-2H3,(H,21,22)(H,25,26). The Kier molecular flexibility index (Phi) is 5.54. The maximum absolute atomic E-state index is 11.2. The molecule has 0 saturated carbocycles. The first-order chi connectivity index (χ1) is 12.9. The number of nitrogens with zero attached hydrogens (tertiary/aromatic N) is 4. The zero-order valence-electron chi connectivity index (χ0n) is 15.1. The zero-order chi connectivity index (χ0) is 19.6. The van der Waals surface area contributed by atoms with Crippen LogP contribution < -0.4 is 4.74 Å². The van der Waals surface area contributed by atoms with Gasteiger partial charge in [-0.2, -0.15) is 10.4 Å².